The monoisotopic (exact) mass is 287 g/mol. The van der Waals surface area contributed by atoms with Gasteiger partial charge in [0.15, 0.2) is 14.3 Å². The molecule has 0 rings (SSSR count). The van der Waals surface area contributed by atoms with Gasteiger partial charge in [0.25, 0.3) is 8.24 Å². The largest absolute Gasteiger partial charge is 0.379 e. The molecule has 0 aromatic heterocycles. The van der Waals surface area contributed by atoms with E-state index in [9.17, 15) is 9.59 Å². The normalized spacial score (nSPS) is 14.3. The fourth-order valence-corrected chi connectivity index (χ4v) is 6.54. The zero-order chi connectivity index (χ0) is 14.2. The van der Waals surface area contributed by atoms with E-state index in [2.05, 4.69) is 18.8 Å². The van der Waals surface area contributed by atoms with Gasteiger partial charge in [0.05, 0.1) is 0 Å². The van der Waals surface area contributed by atoms with Crippen molar-refractivity contribution in [2.45, 2.75) is 64.7 Å². The molecule has 2 amide bonds. The number of nitrogens with two attached hydrogens (primary N) is 1. The van der Waals surface area contributed by atoms with Crippen LogP contribution in [0.15, 0.2) is 0 Å². The predicted octanol–water partition coefficient (Wildman–Crippen LogP) is 3.24. The van der Waals surface area contributed by atoms with Crippen LogP contribution in [0.2, 0.25) is 25.2 Å². The van der Waals surface area contributed by atoms with Crippen LogP contribution in [0.4, 0.5) is 9.59 Å². The summed E-state index contributed by atoms with van der Waals surface area (Å²) in [5, 5.41) is 0. The van der Waals surface area contributed by atoms with Gasteiger partial charge in [-0.2, -0.15) is 0 Å². The molecule has 4 nitrogen and oxygen atoms in total. The third kappa shape index (κ3) is 5.81. The van der Waals surface area contributed by atoms with Crippen LogP contribution in [0.3, 0.4) is 0 Å². The van der Waals surface area contributed by atoms with Gasteiger partial charge >= 0.3 is 0 Å². The maximum atomic E-state index is 12.1. The molecule has 1 atom stereocenters. The summed E-state index contributed by atoms with van der Waals surface area (Å²) in [4.78, 5) is 26.7. The molecule has 0 heterocycles. The van der Waals surface area contributed by atoms with Crippen LogP contribution in [-0.4, -0.2) is 28.1 Å². The highest BCUT2D eigenvalue weighted by atomic mass is 28.3. The summed E-state index contributed by atoms with van der Waals surface area (Å²) in [6.45, 7) is 8.09. The molecule has 0 aromatic carbocycles. The summed E-state index contributed by atoms with van der Waals surface area (Å²) in [5.41, 5.74) is 5.28. The van der Waals surface area contributed by atoms with Crippen molar-refractivity contribution < 1.29 is 9.59 Å². The zero-order valence-corrected chi connectivity index (χ0v) is 14.1. The Morgan fingerprint density at radius 1 is 1.22 bits per heavy atom. The minimum atomic E-state index is -2.45. The first kappa shape index (κ1) is 17.4. The van der Waals surface area contributed by atoms with E-state index in [0.29, 0.717) is 0 Å². The number of rotatable bonds is 9. The van der Waals surface area contributed by atoms with Crippen molar-refractivity contribution in [3.05, 3.63) is 0 Å². The first-order valence-corrected chi connectivity index (χ1v) is 11.7. The highest BCUT2D eigenvalue weighted by Gasteiger charge is 2.37. The Labute approximate surface area is 113 Å². The molecule has 6 heteroatoms. The average molecular weight is 288 g/mol. The molecule has 0 aromatic rings. The van der Waals surface area contributed by atoms with Gasteiger partial charge in [-0.1, -0.05) is 52.1 Å². The molecule has 105 valence electrons. The molecule has 18 heavy (non-hydrogen) atoms. The van der Waals surface area contributed by atoms with Crippen LogP contribution in [-0.2, 0) is 0 Å². The molecule has 0 aliphatic carbocycles. The van der Waals surface area contributed by atoms with Crippen LogP contribution in [0, 0.1) is 0 Å². The van der Waals surface area contributed by atoms with Crippen molar-refractivity contribution in [3.63, 3.8) is 0 Å². The second-order valence-electron chi connectivity index (χ2n) is 5.14. The topological polar surface area (TPSA) is 72.2 Å². The quantitative estimate of drug-likeness (QED) is 0.639. The Bertz CT molecular complexity index is 287. The number of hydrogen-bond acceptors (Lipinski definition) is 2. The highest BCUT2D eigenvalue weighted by Crippen LogP contribution is 2.12. The van der Waals surface area contributed by atoms with Gasteiger partial charge in [0.1, 0.15) is 0 Å². The highest BCUT2D eigenvalue weighted by molar-refractivity contribution is 7.07. The smallest absolute Gasteiger partial charge is 0.255 e. The minimum absolute atomic E-state index is 0.0949. The number of amides is 2. The van der Waals surface area contributed by atoms with Gasteiger partial charge in [0, 0.05) is 0 Å². The molecular formula is C12H27N2O2Si2. The van der Waals surface area contributed by atoms with E-state index in [1.165, 1.54) is 0 Å². The lowest BCUT2D eigenvalue weighted by Crippen LogP contribution is -2.61. The van der Waals surface area contributed by atoms with Gasteiger partial charge in [0.2, 0.25) is 5.53 Å². The Morgan fingerprint density at radius 2 is 1.78 bits per heavy atom. The van der Waals surface area contributed by atoms with Crippen LogP contribution < -0.4 is 10.7 Å². The van der Waals surface area contributed by atoms with Crippen LogP contribution >= 0.6 is 0 Å². The Kier molecular flexibility index (Phi) is 8.18. The van der Waals surface area contributed by atoms with Crippen LogP contribution in [0.25, 0.3) is 0 Å². The van der Waals surface area contributed by atoms with Gasteiger partial charge in [-0.15, -0.1) is 0 Å². The second kappa shape index (κ2) is 8.47. The number of carbonyl (C=O) groups is 2. The average Bonchev–Trinajstić information content (AvgIpc) is 2.33. The van der Waals surface area contributed by atoms with Crippen molar-refractivity contribution in [2.24, 2.45) is 5.73 Å². The van der Waals surface area contributed by atoms with E-state index in [0.717, 1.165) is 37.8 Å². The number of carbonyl (C=O) groups excluding carboxylic acids is 2. The molecule has 1 unspecified atom stereocenters. The fraction of sp³-hybridized carbons (Fsp3) is 0.833. The summed E-state index contributed by atoms with van der Waals surface area (Å²) in [6.07, 6.45) is 4.16. The molecule has 0 saturated carbocycles. The van der Waals surface area contributed by atoms with E-state index >= 15 is 0 Å². The molecule has 0 aliphatic heterocycles. The van der Waals surface area contributed by atoms with Crippen molar-refractivity contribution in [1.29, 1.82) is 0 Å². The molecule has 0 fully saturated rings. The Morgan fingerprint density at radius 3 is 2.22 bits per heavy atom. The van der Waals surface area contributed by atoms with Gasteiger partial charge in [-0.3, -0.25) is 9.59 Å². The lowest BCUT2D eigenvalue weighted by molar-refractivity contribution is 0.258. The molecule has 0 aliphatic rings. The number of nitrogens with one attached hydrogen (secondary N) is 1. The number of hydrogen-bond donors (Lipinski definition) is 2. The van der Waals surface area contributed by atoms with Crippen LogP contribution in [0.5, 0.6) is 0 Å². The van der Waals surface area contributed by atoms with Gasteiger partial charge < -0.3 is 10.7 Å². The maximum Gasteiger partial charge on any atom is 0.255 e. The summed E-state index contributed by atoms with van der Waals surface area (Å²) in [5.74, 6) is 0. The van der Waals surface area contributed by atoms with E-state index < -0.39 is 17.0 Å². The summed E-state index contributed by atoms with van der Waals surface area (Å²) in [6, 6.07) is 1.73. The zero-order valence-electron chi connectivity index (χ0n) is 12.1. The number of primary amides is 1. The predicted molar refractivity (Wildman–Crippen MR) is 80.8 cm³/mol. The molecule has 0 spiro atoms. The van der Waals surface area contributed by atoms with Crippen molar-refractivity contribution in [3.8, 4) is 0 Å². The summed E-state index contributed by atoms with van der Waals surface area (Å²) >= 11 is 0. The summed E-state index contributed by atoms with van der Waals surface area (Å²) in [7, 11) is -3.49. The van der Waals surface area contributed by atoms with Crippen molar-refractivity contribution in [1.82, 2.24) is 4.98 Å². The fourth-order valence-electron chi connectivity index (χ4n) is 1.69. The molecule has 3 N–H and O–H groups in total. The summed E-state index contributed by atoms with van der Waals surface area (Å²) < 4.78 is 0. The minimum Gasteiger partial charge on any atom is -0.379 e. The third-order valence-corrected chi connectivity index (χ3v) is 8.73. The van der Waals surface area contributed by atoms with Crippen molar-refractivity contribution in [2.75, 3.05) is 0 Å². The van der Waals surface area contributed by atoms with Crippen LogP contribution in [0.1, 0.15) is 39.5 Å². The third-order valence-electron chi connectivity index (χ3n) is 3.26. The van der Waals surface area contributed by atoms with E-state index in [-0.39, 0.29) is 11.1 Å². The molecular weight excluding hydrogens is 260 g/mol. The van der Waals surface area contributed by atoms with E-state index in [1.54, 1.807) is 0 Å². The van der Waals surface area contributed by atoms with E-state index in [4.69, 9.17) is 5.73 Å². The van der Waals surface area contributed by atoms with Gasteiger partial charge in [-0.25, -0.2) is 0 Å². The number of unbranched alkanes of at least 4 members (excludes halogenated alkanes) is 2. The Hall–Kier alpha value is -0.626. The first-order chi connectivity index (χ1) is 8.37. The second-order valence-corrected chi connectivity index (χ2v) is 11.6. The molecule has 1 radical (unpaired) electrons. The Balaban J connectivity index is 4.48. The first-order valence-electron chi connectivity index (χ1n) is 6.82. The lowest BCUT2D eigenvalue weighted by Gasteiger charge is -2.26. The molecule has 0 bridgehead atoms. The van der Waals surface area contributed by atoms with E-state index in [1.807, 2.05) is 13.1 Å². The SMILES string of the molecule is CCCC[Si](C)C(=O)N[Si](C)(CCCC)C(N)=O. The maximum absolute atomic E-state index is 12.1. The van der Waals surface area contributed by atoms with Crippen molar-refractivity contribution >= 4 is 28.1 Å². The lowest BCUT2D eigenvalue weighted by atomic mass is 10.4. The molecule has 0 saturated heterocycles. The standard InChI is InChI=1S/C12H27N2O2Si2/c1-5-7-9-17(3)12(16)14-18(4,11(13)15)10-8-6-2/h5-10H2,1-4H3,(H2,13,15)(H,14,16). The van der Waals surface area contributed by atoms with Gasteiger partial charge in [-0.05, 0) is 12.6 Å².